The first-order chi connectivity index (χ1) is 10.0. The SMILES string of the molecule is CNC(c1ccc(C)cc1)C(C)N(C)C1CCCC(C)C1. The molecule has 1 aromatic rings. The number of nitrogens with one attached hydrogen (secondary N) is 1. The van der Waals surface area contributed by atoms with Crippen molar-refractivity contribution in [1.29, 1.82) is 0 Å². The standard InChI is InChI=1S/C19H32N2/c1-14-9-11-17(12-10-14)19(20-4)16(3)21(5)18-8-6-7-15(2)13-18/h9-12,15-16,18-20H,6-8,13H2,1-5H3. The normalized spacial score (nSPS) is 25.8. The van der Waals surface area contributed by atoms with E-state index in [4.69, 9.17) is 0 Å². The third kappa shape index (κ3) is 4.08. The van der Waals surface area contributed by atoms with E-state index in [0.717, 1.165) is 12.0 Å². The van der Waals surface area contributed by atoms with Crippen LogP contribution in [0.5, 0.6) is 0 Å². The summed E-state index contributed by atoms with van der Waals surface area (Å²) in [5, 5.41) is 3.53. The van der Waals surface area contributed by atoms with Gasteiger partial charge >= 0.3 is 0 Å². The molecule has 0 spiro atoms. The van der Waals surface area contributed by atoms with Gasteiger partial charge < -0.3 is 5.32 Å². The summed E-state index contributed by atoms with van der Waals surface area (Å²) in [7, 11) is 4.39. The number of hydrogen-bond donors (Lipinski definition) is 1. The Labute approximate surface area is 130 Å². The van der Waals surface area contributed by atoms with E-state index < -0.39 is 0 Å². The zero-order valence-electron chi connectivity index (χ0n) is 14.4. The van der Waals surface area contributed by atoms with Gasteiger partial charge in [0.25, 0.3) is 0 Å². The average Bonchev–Trinajstić information content (AvgIpc) is 2.49. The Balaban J connectivity index is 2.08. The fraction of sp³-hybridized carbons (Fsp3) is 0.684. The highest BCUT2D eigenvalue weighted by Gasteiger charge is 2.29. The third-order valence-corrected chi connectivity index (χ3v) is 5.36. The molecule has 21 heavy (non-hydrogen) atoms. The van der Waals surface area contributed by atoms with Crippen molar-refractivity contribution >= 4 is 0 Å². The van der Waals surface area contributed by atoms with Crippen LogP contribution < -0.4 is 5.32 Å². The summed E-state index contributed by atoms with van der Waals surface area (Å²) >= 11 is 0. The van der Waals surface area contributed by atoms with Crippen LogP contribution in [0.1, 0.15) is 56.7 Å². The Morgan fingerprint density at radius 2 is 1.86 bits per heavy atom. The first kappa shape index (κ1) is 16.5. The highest BCUT2D eigenvalue weighted by atomic mass is 15.2. The second-order valence-electron chi connectivity index (χ2n) is 7.01. The zero-order chi connectivity index (χ0) is 15.4. The Bertz CT molecular complexity index is 426. The van der Waals surface area contributed by atoms with Gasteiger partial charge in [-0.1, -0.05) is 49.6 Å². The van der Waals surface area contributed by atoms with E-state index in [1.165, 1.54) is 36.8 Å². The van der Waals surface area contributed by atoms with Gasteiger partial charge in [-0.05, 0) is 52.3 Å². The highest BCUT2D eigenvalue weighted by molar-refractivity contribution is 5.25. The molecular formula is C19H32N2. The predicted octanol–water partition coefficient (Wildman–Crippen LogP) is 4.15. The molecule has 0 saturated heterocycles. The lowest BCUT2D eigenvalue weighted by atomic mass is 9.85. The summed E-state index contributed by atoms with van der Waals surface area (Å²) in [5.74, 6) is 0.880. The molecule has 0 bridgehead atoms. The summed E-state index contributed by atoms with van der Waals surface area (Å²) in [6, 6.07) is 10.6. The summed E-state index contributed by atoms with van der Waals surface area (Å²) < 4.78 is 0. The first-order valence-corrected chi connectivity index (χ1v) is 8.48. The van der Waals surface area contributed by atoms with Crippen molar-refractivity contribution in [3.8, 4) is 0 Å². The molecule has 1 N–H and O–H groups in total. The minimum atomic E-state index is 0.396. The molecule has 1 fully saturated rings. The Hall–Kier alpha value is -0.860. The van der Waals surface area contributed by atoms with E-state index in [-0.39, 0.29) is 0 Å². The van der Waals surface area contributed by atoms with E-state index in [2.05, 4.69) is 69.3 Å². The minimum absolute atomic E-state index is 0.396. The van der Waals surface area contributed by atoms with Crippen LogP contribution in [0.3, 0.4) is 0 Å². The van der Waals surface area contributed by atoms with E-state index in [0.29, 0.717) is 12.1 Å². The highest BCUT2D eigenvalue weighted by Crippen LogP contribution is 2.30. The molecule has 1 aliphatic carbocycles. The van der Waals surface area contributed by atoms with Crippen LogP contribution in [0, 0.1) is 12.8 Å². The minimum Gasteiger partial charge on any atom is -0.312 e. The van der Waals surface area contributed by atoms with Gasteiger partial charge in [0.1, 0.15) is 0 Å². The summed E-state index contributed by atoms with van der Waals surface area (Å²) in [4.78, 5) is 2.61. The van der Waals surface area contributed by atoms with Crippen LogP contribution in [0.15, 0.2) is 24.3 Å². The number of aryl methyl sites for hydroxylation is 1. The van der Waals surface area contributed by atoms with Gasteiger partial charge in [0.2, 0.25) is 0 Å². The first-order valence-electron chi connectivity index (χ1n) is 8.48. The van der Waals surface area contributed by atoms with Crippen molar-refractivity contribution in [2.75, 3.05) is 14.1 Å². The van der Waals surface area contributed by atoms with Gasteiger partial charge in [-0.15, -0.1) is 0 Å². The molecule has 1 aliphatic rings. The zero-order valence-corrected chi connectivity index (χ0v) is 14.4. The maximum atomic E-state index is 3.53. The molecule has 2 nitrogen and oxygen atoms in total. The van der Waals surface area contributed by atoms with Crippen molar-refractivity contribution in [3.05, 3.63) is 35.4 Å². The third-order valence-electron chi connectivity index (χ3n) is 5.36. The van der Waals surface area contributed by atoms with Crippen LogP contribution >= 0.6 is 0 Å². The Morgan fingerprint density at radius 3 is 2.43 bits per heavy atom. The number of benzene rings is 1. The Morgan fingerprint density at radius 1 is 1.19 bits per heavy atom. The van der Waals surface area contributed by atoms with Crippen LogP contribution in [-0.4, -0.2) is 31.1 Å². The molecule has 0 heterocycles. The number of rotatable bonds is 5. The molecule has 118 valence electrons. The van der Waals surface area contributed by atoms with Crippen molar-refractivity contribution in [2.24, 2.45) is 5.92 Å². The molecule has 0 aliphatic heterocycles. The molecule has 2 heteroatoms. The van der Waals surface area contributed by atoms with Crippen LogP contribution in [-0.2, 0) is 0 Å². The second-order valence-corrected chi connectivity index (χ2v) is 7.01. The number of likely N-dealkylation sites (N-methyl/N-ethyl adjacent to an activating group) is 2. The maximum Gasteiger partial charge on any atom is 0.0473 e. The molecule has 0 radical (unpaired) electrons. The summed E-state index contributed by atoms with van der Waals surface area (Å²) in [6.45, 7) is 6.91. The molecule has 2 rings (SSSR count). The summed E-state index contributed by atoms with van der Waals surface area (Å²) in [5.41, 5.74) is 2.72. The van der Waals surface area contributed by atoms with Gasteiger partial charge in [0.05, 0.1) is 0 Å². The van der Waals surface area contributed by atoms with E-state index >= 15 is 0 Å². The lowest BCUT2D eigenvalue weighted by Crippen LogP contribution is -2.46. The van der Waals surface area contributed by atoms with E-state index in [1.807, 2.05) is 0 Å². The van der Waals surface area contributed by atoms with Crippen LogP contribution in [0.2, 0.25) is 0 Å². The van der Waals surface area contributed by atoms with Gasteiger partial charge in [-0.25, -0.2) is 0 Å². The number of nitrogens with zero attached hydrogens (tertiary/aromatic N) is 1. The molecule has 0 aromatic heterocycles. The van der Waals surface area contributed by atoms with Crippen molar-refractivity contribution < 1.29 is 0 Å². The monoisotopic (exact) mass is 288 g/mol. The fourth-order valence-electron chi connectivity index (χ4n) is 3.80. The van der Waals surface area contributed by atoms with Gasteiger partial charge in [-0.3, -0.25) is 4.90 Å². The van der Waals surface area contributed by atoms with Crippen molar-refractivity contribution in [3.63, 3.8) is 0 Å². The van der Waals surface area contributed by atoms with E-state index in [1.54, 1.807) is 0 Å². The predicted molar refractivity (Wildman–Crippen MR) is 91.6 cm³/mol. The number of hydrogen-bond acceptors (Lipinski definition) is 2. The molecule has 4 atom stereocenters. The van der Waals surface area contributed by atoms with E-state index in [9.17, 15) is 0 Å². The van der Waals surface area contributed by atoms with Crippen LogP contribution in [0.25, 0.3) is 0 Å². The lowest BCUT2D eigenvalue weighted by molar-refractivity contribution is 0.106. The van der Waals surface area contributed by atoms with Gasteiger partial charge in [0.15, 0.2) is 0 Å². The maximum absolute atomic E-state index is 3.53. The molecule has 1 saturated carbocycles. The largest absolute Gasteiger partial charge is 0.312 e. The quantitative estimate of drug-likeness (QED) is 0.875. The summed E-state index contributed by atoms with van der Waals surface area (Å²) in [6.07, 6.45) is 5.50. The fourth-order valence-corrected chi connectivity index (χ4v) is 3.80. The van der Waals surface area contributed by atoms with Crippen LogP contribution in [0.4, 0.5) is 0 Å². The molecule has 1 aromatic carbocycles. The smallest absolute Gasteiger partial charge is 0.0473 e. The average molecular weight is 288 g/mol. The molecular weight excluding hydrogens is 256 g/mol. The second kappa shape index (κ2) is 7.42. The Kier molecular flexibility index (Phi) is 5.83. The van der Waals surface area contributed by atoms with Gasteiger partial charge in [-0.2, -0.15) is 0 Å². The lowest BCUT2D eigenvalue weighted by Gasteiger charge is -2.40. The topological polar surface area (TPSA) is 15.3 Å². The molecule has 4 unspecified atom stereocenters. The van der Waals surface area contributed by atoms with Crippen molar-refractivity contribution in [2.45, 2.75) is 64.6 Å². The molecule has 0 amide bonds. The van der Waals surface area contributed by atoms with Crippen molar-refractivity contribution in [1.82, 2.24) is 10.2 Å². The van der Waals surface area contributed by atoms with Gasteiger partial charge in [0, 0.05) is 18.1 Å².